The molecule has 3 heteroatoms. The first-order valence-corrected chi connectivity index (χ1v) is 13.7. The topological polar surface area (TPSA) is 60.7 Å². The van der Waals surface area contributed by atoms with Gasteiger partial charge in [-0.1, -0.05) is 53.2 Å². The van der Waals surface area contributed by atoms with E-state index in [0.29, 0.717) is 36.0 Å². The van der Waals surface area contributed by atoms with Gasteiger partial charge in [-0.05, 0) is 98.7 Å². The van der Waals surface area contributed by atoms with Crippen molar-refractivity contribution in [3.05, 3.63) is 12.2 Å². The van der Waals surface area contributed by atoms with Gasteiger partial charge in [0.15, 0.2) is 0 Å². The Morgan fingerprint density at radius 3 is 2.41 bits per heavy atom. The molecular formula is C29H50O3. The Hall–Kier alpha value is -0.380. The number of aliphatic hydroxyl groups excluding tert-OH is 2. The fourth-order valence-electron chi connectivity index (χ4n) is 9.43. The monoisotopic (exact) mass is 446 g/mol. The van der Waals surface area contributed by atoms with E-state index in [0.717, 1.165) is 37.0 Å². The van der Waals surface area contributed by atoms with Gasteiger partial charge in [-0.3, -0.25) is 0 Å². The van der Waals surface area contributed by atoms with Gasteiger partial charge in [0.05, 0.1) is 17.8 Å². The maximum atomic E-state index is 11.6. The van der Waals surface area contributed by atoms with E-state index in [1.54, 1.807) is 0 Å². The van der Waals surface area contributed by atoms with Gasteiger partial charge in [-0.25, -0.2) is 0 Å². The van der Waals surface area contributed by atoms with Gasteiger partial charge in [-0.2, -0.15) is 0 Å². The molecule has 32 heavy (non-hydrogen) atoms. The summed E-state index contributed by atoms with van der Waals surface area (Å²) in [7, 11) is 0. The molecule has 0 radical (unpaired) electrons. The molecule has 4 aliphatic rings. The van der Waals surface area contributed by atoms with Crippen molar-refractivity contribution in [2.45, 2.75) is 123 Å². The molecule has 184 valence electrons. The zero-order valence-corrected chi connectivity index (χ0v) is 21.4. The molecule has 0 aromatic heterocycles. The zero-order valence-electron chi connectivity index (χ0n) is 21.4. The van der Waals surface area contributed by atoms with Gasteiger partial charge >= 0.3 is 0 Å². The van der Waals surface area contributed by atoms with Crippen molar-refractivity contribution in [3.63, 3.8) is 0 Å². The van der Waals surface area contributed by atoms with Crippen LogP contribution in [0.15, 0.2) is 12.2 Å². The molecule has 4 aliphatic carbocycles. The van der Waals surface area contributed by atoms with Crippen LogP contribution >= 0.6 is 0 Å². The highest BCUT2D eigenvalue weighted by Crippen LogP contribution is 2.69. The molecule has 0 spiro atoms. The minimum Gasteiger partial charge on any atom is -0.393 e. The number of aliphatic hydroxyl groups is 3. The molecule has 0 heterocycles. The Balaban J connectivity index is 1.47. The molecule has 0 aliphatic heterocycles. The number of hydrogen-bond acceptors (Lipinski definition) is 3. The molecule has 0 aromatic rings. The minimum absolute atomic E-state index is 0.380. The zero-order chi connectivity index (χ0) is 23.5. The van der Waals surface area contributed by atoms with Crippen molar-refractivity contribution in [1.82, 2.24) is 0 Å². The van der Waals surface area contributed by atoms with Gasteiger partial charge < -0.3 is 15.3 Å². The SMILES string of the molecule is C=C(CCCC(C)C1CCC2C3CCC4(O)CC(O)CC(O)C4(C)C3CCC12C)C(C)C. The molecule has 0 amide bonds. The van der Waals surface area contributed by atoms with E-state index in [9.17, 15) is 15.3 Å². The van der Waals surface area contributed by atoms with Crippen LogP contribution in [-0.4, -0.2) is 33.1 Å². The molecular weight excluding hydrogens is 396 g/mol. The first-order valence-electron chi connectivity index (χ1n) is 13.7. The second kappa shape index (κ2) is 8.68. The Labute approximate surface area is 197 Å². The van der Waals surface area contributed by atoms with Crippen LogP contribution in [0.3, 0.4) is 0 Å². The van der Waals surface area contributed by atoms with Crippen LogP contribution in [-0.2, 0) is 0 Å². The molecule has 3 nitrogen and oxygen atoms in total. The lowest BCUT2D eigenvalue weighted by Crippen LogP contribution is -2.67. The van der Waals surface area contributed by atoms with E-state index in [4.69, 9.17) is 0 Å². The summed E-state index contributed by atoms with van der Waals surface area (Å²) in [5.74, 6) is 3.86. The van der Waals surface area contributed by atoms with Gasteiger partial charge in [0.25, 0.3) is 0 Å². The maximum Gasteiger partial charge on any atom is 0.0753 e. The van der Waals surface area contributed by atoms with Gasteiger partial charge in [0.1, 0.15) is 0 Å². The van der Waals surface area contributed by atoms with Crippen molar-refractivity contribution in [2.24, 2.45) is 46.3 Å². The molecule has 4 fully saturated rings. The number of rotatable bonds is 6. The van der Waals surface area contributed by atoms with E-state index < -0.39 is 23.2 Å². The molecule has 4 saturated carbocycles. The molecule has 0 bridgehead atoms. The van der Waals surface area contributed by atoms with Crippen LogP contribution in [0.2, 0.25) is 0 Å². The minimum atomic E-state index is -0.914. The van der Waals surface area contributed by atoms with Crippen molar-refractivity contribution < 1.29 is 15.3 Å². The summed E-state index contributed by atoms with van der Waals surface area (Å²) in [6, 6.07) is 0. The van der Waals surface area contributed by atoms with Crippen molar-refractivity contribution in [1.29, 1.82) is 0 Å². The van der Waals surface area contributed by atoms with Crippen LogP contribution in [0.1, 0.15) is 105 Å². The highest BCUT2D eigenvalue weighted by atomic mass is 16.3. The Kier molecular flexibility index (Phi) is 6.71. The van der Waals surface area contributed by atoms with E-state index in [-0.39, 0.29) is 0 Å². The van der Waals surface area contributed by atoms with Gasteiger partial charge in [0, 0.05) is 11.8 Å². The second-order valence-electron chi connectivity index (χ2n) is 13.3. The van der Waals surface area contributed by atoms with Crippen LogP contribution in [0.4, 0.5) is 0 Å². The van der Waals surface area contributed by atoms with Crippen molar-refractivity contribution >= 4 is 0 Å². The summed E-state index contributed by atoms with van der Waals surface area (Å²) >= 11 is 0. The van der Waals surface area contributed by atoms with Gasteiger partial charge in [-0.15, -0.1) is 0 Å². The second-order valence-corrected chi connectivity index (χ2v) is 13.3. The van der Waals surface area contributed by atoms with E-state index in [1.807, 2.05) is 0 Å². The maximum absolute atomic E-state index is 11.6. The number of hydrogen-bond donors (Lipinski definition) is 3. The standard InChI is InChI=1S/C29H50O3/c1-18(2)19(3)8-7-9-20(4)23-10-11-24-22-12-15-29(32)17-21(30)16-26(31)28(29,6)25(22)13-14-27(23,24)5/h18,20-26,30-32H,3,7-17H2,1-2,4-6H3. The third kappa shape index (κ3) is 3.73. The Bertz CT molecular complexity index is 703. The predicted octanol–water partition coefficient (Wildman–Crippen LogP) is 6.11. The largest absolute Gasteiger partial charge is 0.393 e. The fraction of sp³-hybridized carbons (Fsp3) is 0.931. The summed E-state index contributed by atoms with van der Waals surface area (Å²) in [6.07, 6.45) is 10.2. The average molecular weight is 447 g/mol. The molecule has 10 unspecified atom stereocenters. The smallest absolute Gasteiger partial charge is 0.0753 e. The number of allylic oxidation sites excluding steroid dienone is 1. The molecule has 0 aromatic carbocycles. The van der Waals surface area contributed by atoms with E-state index >= 15 is 0 Å². The van der Waals surface area contributed by atoms with Crippen molar-refractivity contribution in [2.75, 3.05) is 0 Å². The summed E-state index contributed by atoms with van der Waals surface area (Å²) in [5, 5.41) is 33.1. The molecule has 3 N–H and O–H groups in total. The summed E-state index contributed by atoms with van der Waals surface area (Å²) in [4.78, 5) is 0. The molecule has 4 rings (SSSR count). The molecule has 0 saturated heterocycles. The Morgan fingerprint density at radius 2 is 1.72 bits per heavy atom. The first kappa shape index (κ1) is 24.7. The van der Waals surface area contributed by atoms with Crippen LogP contribution in [0.5, 0.6) is 0 Å². The quantitative estimate of drug-likeness (QED) is 0.431. The summed E-state index contributed by atoms with van der Waals surface area (Å²) in [6.45, 7) is 16.0. The normalized spacial score (nSPS) is 49.3. The lowest BCUT2D eigenvalue weighted by molar-refractivity contribution is -0.259. The lowest BCUT2D eigenvalue weighted by Gasteiger charge is -2.65. The Morgan fingerprint density at radius 1 is 1.00 bits per heavy atom. The number of fused-ring (bicyclic) bond motifs is 5. The summed E-state index contributed by atoms with van der Waals surface area (Å²) in [5.41, 5.74) is 0.411. The summed E-state index contributed by atoms with van der Waals surface area (Å²) < 4.78 is 0. The van der Waals surface area contributed by atoms with Crippen LogP contribution in [0, 0.1) is 46.3 Å². The van der Waals surface area contributed by atoms with E-state index in [1.165, 1.54) is 44.1 Å². The van der Waals surface area contributed by atoms with Gasteiger partial charge in [0.2, 0.25) is 0 Å². The van der Waals surface area contributed by atoms with Crippen LogP contribution in [0.25, 0.3) is 0 Å². The first-order chi connectivity index (χ1) is 14.9. The third-order valence-electron chi connectivity index (χ3n) is 11.6. The molecule has 10 atom stereocenters. The average Bonchev–Trinajstić information content (AvgIpc) is 3.06. The highest BCUT2D eigenvalue weighted by molar-refractivity contribution is 5.16. The highest BCUT2D eigenvalue weighted by Gasteiger charge is 2.67. The van der Waals surface area contributed by atoms with Crippen molar-refractivity contribution in [3.8, 4) is 0 Å². The van der Waals surface area contributed by atoms with E-state index in [2.05, 4.69) is 41.2 Å². The predicted molar refractivity (Wildman–Crippen MR) is 131 cm³/mol. The lowest BCUT2D eigenvalue weighted by atomic mass is 9.42. The fourth-order valence-corrected chi connectivity index (χ4v) is 9.43. The van der Waals surface area contributed by atoms with Crippen LogP contribution < -0.4 is 0 Å². The third-order valence-corrected chi connectivity index (χ3v) is 11.6.